The topological polar surface area (TPSA) is 84.0 Å². The number of aryl methyl sites for hydroxylation is 4. The molecule has 0 fully saturated rings. The van der Waals surface area contributed by atoms with Crippen LogP contribution < -0.4 is 10.6 Å². The minimum atomic E-state index is -0.298. The van der Waals surface area contributed by atoms with Crippen molar-refractivity contribution in [2.75, 3.05) is 10.6 Å². The second-order valence-electron chi connectivity index (χ2n) is 12.2. The largest absolute Gasteiger partial charge is 0.320 e. The maximum Gasteiger partial charge on any atom is 0.256 e. The lowest BCUT2D eigenvalue weighted by molar-refractivity contribution is 0.101. The first-order valence-corrected chi connectivity index (χ1v) is 15.9. The molecule has 2 amide bonds. The van der Waals surface area contributed by atoms with Crippen molar-refractivity contribution < 1.29 is 9.59 Å². The van der Waals surface area contributed by atoms with E-state index in [1.54, 1.807) is 12.1 Å². The van der Waals surface area contributed by atoms with Gasteiger partial charge < -0.3 is 10.6 Å². The molecule has 0 unspecified atom stereocenters. The fourth-order valence-corrected chi connectivity index (χ4v) is 6.28. The van der Waals surface area contributed by atoms with Crippen LogP contribution in [0.1, 0.15) is 43.0 Å². The number of nitrogens with one attached hydrogen (secondary N) is 2. The van der Waals surface area contributed by atoms with Crippen LogP contribution in [-0.2, 0) is 0 Å². The van der Waals surface area contributed by atoms with E-state index >= 15 is 0 Å². The molecule has 5 aromatic carbocycles. The zero-order valence-electron chi connectivity index (χ0n) is 27.3. The summed E-state index contributed by atoms with van der Waals surface area (Å²) in [5, 5.41) is 7.63. The molecule has 2 heterocycles. The van der Waals surface area contributed by atoms with Gasteiger partial charge in [0, 0.05) is 21.9 Å². The van der Waals surface area contributed by atoms with E-state index in [1.807, 2.05) is 84.9 Å². The lowest BCUT2D eigenvalue weighted by Gasteiger charge is -2.16. The van der Waals surface area contributed by atoms with Gasteiger partial charge in [-0.15, -0.1) is 0 Å². The normalized spacial score (nSPS) is 11.1. The first-order chi connectivity index (χ1) is 23.2. The Balaban J connectivity index is 1.24. The van der Waals surface area contributed by atoms with E-state index < -0.39 is 0 Å². The van der Waals surface area contributed by atoms with E-state index in [0.717, 1.165) is 66.6 Å². The summed E-state index contributed by atoms with van der Waals surface area (Å²) in [4.78, 5) is 37.9. The van der Waals surface area contributed by atoms with Crippen molar-refractivity contribution in [3.8, 4) is 22.5 Å². The zero-order valence-corrected chi connectivity index (χ0v) is 27.3. The van der Waals surface area contributed by atoms with Gasteiger partial charge in [-0.3, -0.25) is 9.59 Å². The maximum atomic E-state index is 14.0. The highest BCUT2D eigenvalue weighted by Crippen LogP contribution is 2.31. The number of fused-ring (bicyclic) bond motifs is 2. The smallest absolute Gasteiger partial charge is 0.256 e. The van der Waals surface area contributed by atoms with E-state index in [0.29, 0.717) is 22.5 Å². The van der Waals surface area contributed by atoms with Crippen molar-refractivity contribution >= 4 is 45.0 Å². The highest BCUT2D eigenvalue weighted by atomic mass is 16.2. The van der Waals surface area contributed by atoms with Gasteiger partial charge in [0.25, 0.3) is 11.8 Å². The Morgan fingerprint density at radius 2 is 0.875 bits per heavy atom. The van der Waals surface area contributed by atoms with Gasteiger partial charge in [0.1, 0.15) is 0 Å². The molecular weight excluding hydrogens is 592 g/mol. The van der Waals surface area contributed by atoms with Crippen LogP contribution in [0.3, 0.4) is 0 Å². The summed E-state index contributed by atoms with van der Waals surface area (Å²) in [7, 11) is 0. The summed E-state index contributed by atoms with van der Waals surface area (Å²) in [5.74, 6) is -0.597. The summed E-state index contributed by atoms with van der Waals surface area (Å²) in [6.45, 7) is 8.21. The zero-order chi connectivity index (χ0) is 33.4. The third-order valence-corrected chi connectivity index (χ3v) is 8.66. The molecule has 0 aliphatic carbocycles. The SMILES string of the molecule is Cc1ccc(-c2cc(C(=O)Nc3ccccc3NC(=O)c3cc(-c4ccc(C)cc4C)nc4ccccc34)c3ccccc3n2)c(C)c1. The molecule has 48 heavy (non-hydrogen) atoms. The molecule has 6 nitrogen and oxygen atoms in total. The van der Waals surface area contributed by atoms with E-state index in [2.05, 4.69) is 62.6 Å². The van der Waals surface area contributed by atoms with Gasteiger partial charge in [-0.2, -0.15) is 0 Å². The number of hydrogen-bond acceptors (Lipinski definition) is 4. The fraction of sp³-hybridized carbons (Fsp3) is 0.0952. The first kappa shape index (κ1) is 30.5. The number of benzene rings is 5. The number of para-hydroxylation sites is 4. The number of pyridine rings is 2. The Morgan fingerprint density at radius 1 is 0.479 bits per heavy atom. The molecule has 0 saturated heterocycles. The molecule has 0 bridgehead atoms. The summed E-state index contributed by atoms with van der Waals surface area (Å²) in [6, 6.07) is 38.6. The van der Waals surface area contributed by atoms with Crippen molar-refractivity contribution in [1.29, 1.82) is 0 Å². The van der Waals surface area contributed by atoms with E-state index in [9.17, 15) is 9.59 Å². The minimum Gasteiger partial charge on any atom is -0.320 e. The Kier molecular flexibility index (Phi) is 7.99. The first-order valence-electron chi connectivity index (χ1n) is 15.9. The maximum absolute atomic E-state index is 14.0. The van der Waals surface area contributed by atoms with Gasteiger partial charge in [0.05, 0.1) is 44.9 Å². The highest BCUT2D eigenvalue weighted by Gasteiger charge is 2.19. The molecule has 2 aromatic heterocycles. The molecule has 0 aliphatic rings. The Labute approximate surface area is 279 Å². The number of carbonyl (C=O) groups is 2. The Bertz CT molecular complexity index is 2230. The highest BCUT2D eigenvalue weighted by molar-refractivity contribution is 6.17. The predicted molar refractivity (Wildman–Crippen MR) is 196 cm³/mol. The van der Waals surface area contributed by atoms with E-state index in [4.69, 9.17) is 9.97 Å². The number of hydrogen-bond donors (Lipinski definition) is 2. The van der Waals surface area contributed by atoms with E-state index in [1.165, 1.54) is 0 Å². The molecule has 0 atom stereocenters. The minimum absolute atomic E-state index is 0.298. The second-order valence-corrected chi connectivity index (χ2v) is 12.2. The molecule has 0 radical (unpaired) electrons. The Hall–Kier alpha value is -6.14. The van der Waals surface area contributed by atoms with Gasteiger partial charge >= 0.3 is 0 Å². The molecule has 0 aliphatic heterocycles. The third kappa shape index (κ3) is 5.92. The van der Waals surface area contributed by atoms with Crippen LogP contribution in [-0.4, -0.2) is 21.8 Å². The quantitative estimate of drug-likeness (QED) is 0.192. The van der Waals surface area contributed by atoms with Crippen LogP contribution in [0.15, 0.2) is 121 Å². The molecule has 2 N–H and O–H groups in total. The molecule has 7 rings (SSSR count). The fourth-order valence-electron chi connectivity index (χ4n) is 6.28. The van der Waals surface area contributed by atoms with Crippen LogP contribution in [0, 0.1) is 27.7 Å². The average Bonchev–Trinajstić information content (AvgIpc) is 3.08. The van der Waals surface area contributed by atoms with Crippen molar-refractivity contribution in [1.82, 2.24) is 9.97 Å². The number of nitrogens with zero attached hydrogens (tertiary/aromatic N) is 2. The number of aromatic nitrogens is 2. The average molecular weight is 627 g/mol. The lowest BCUT2D eigenvalue weighted by Crippen LogP contribution is -2.17. The molecule has 234 valence electrons. The third-order valence-electron chi connectivity index (χ3n) is 8.66. The summed E-state index contributed by atoms with van der Waals surface area (Å²) < 4.78 is 0. The predicted octanol–water partition coefficient (Wildman–Crippen LogP) is 9.86. The van der Waals surface area contributed by atoms with Gasteiger partial charge in [0.15, 0.2) is 0 Å². The Morgan fingerprint density at radius 3 is 1.29 bits per heavy atom. The summed E-state index contributed by atoms with van der Waals surface area (Å²) in [5.41, 5.74) is 11.3. The second kappa shape index (κ2) is 12.6. The molecule has 0 saturated carbocycles. The molecule has 0 spiro atoms. The van der Waals surface area contributed by atoms with Crippen molar-refractivity contribution in [3.63, 3.8) is 0 Å². The van der Waals surface area contributed by atoms with Crippen LogP contribution >= 0.6 is 0 Å². The van der Waals surface area contributed by atoms with Gasteiger partial charge in [-0.05, 0) is 75.2 Å². The van der Waals surface area contributed by atoms with Crippen molar-refractivity contribution in [2.45, 2.75) is 27.7 Å². The number of rotatable bonds is 6. The number of anilines is 2. The van der Waals surface area contributed by atoms with Gasteiger partial charge in [-0.1, -0.05) is 96.1 Å². The standard InChI is InChI=1S/C42H34N4O2/c1-25-17-19-29(27(3)21-25)39-23-33(31-11-5-7-13-35(31)43-39)41(47)45-37-15-9-10-16-38(37)46-42(48)34-24-40(30-20-18-26(2)22-28(30)4)44-36-14-8-6-12-32(34)36/h5-24H,1-4H3,(H,45,47)(H,46,48). The van der Waals surface area contributed by atoms with Crippen molar-refractivity contribution in [3.05, 3.63) is 155 Å². The lowest BCUT2D eigenvalue weighted by atomic mass is 9.99. The molecular formula is C42H34N4O2. The summed E-state index contributed by atoms with van der Waals surface area (Å²) in [6.07, 6.45) is 0. The van der Waals surface area contributed by atoms with Crippen molar-refractivity contribution in [2.24, 2.45) is 0 Å². The van der Waals surface area contributed by atoms with Gasteiger partial charge in [-0.25, -0.2) is 9.97 Å². The molecule has 6 heteroatoms. The van der Waals surface area contributed by atoms with Gasteiger partial charge in [0.2, 0.25) is 0 Å². The molecule has 7 aromatic rings. The van der Waals surface area contributed by atoms with E-state index in [-0.39, 0.29) is 11.8 Å². The van der Waals surface area contributed by atoms with Crippen LogP contribution in [0.5, 0.6) is 0 Å². The van der Waals surface area contributed by atoms with Crippen LogP contribution in [0.2, 0.25) is 0 Å². The monoisotopic (exact) mass is 626 g/mol. The number of carbonyl (C=O) groups excluding carboxylic acids is 2. The number of amides is 2. The summed E-state index contributed by atoms with van der Waals surface area (Å²) >= 11 is 0. The van der Waals surface area contributed by atoms with Crippen LogP contribution in [0.4, 0.5) is 11.4 Å². The van der Waals surface area contributed by atoms with Crippen LogP contribution in [0.25, 0.3) is 44.3 Å².